The summed E-state index contributed by atoms with van der Waals surface area (Å²) in [4.78, 5) is 18.5. The van der Waals surface area contributed by atoms with Gasteiger partial charge in [-0.1, -0.05) is 44.6 Å². The van der Waals surface area contributed by atoms with E-state index in [1.165, 1.54) is 51.4 Å². The normalized spacial score (nSPS) is 25.0. The predicted octanol–water partition coefficient (Wildman–Crippen LogP) is 3.45. The molecule has 0 bridgehead atoms. The second-order valence-corrected chi connectivity index (χ2v) is 8.12. The van der Waals surface area contributed by atoms with Crippen molar-refractivity contribution in [1.29, 1.82) is 0 Å². The molecule has 148 valence electrons. The van der Waals surface area contributed by atoms with Crippen LogP contribution in [-0.2, 0) is 4.79 Å². The van der Waals surface area contributed by atoms with E-state index in [1.54, 1.807) is 11.9 Å². The monoisotopic (exact) mass is 362 g/mol. The molecule has 2 rings (SSSR count). The fourth-order valence-corrected chi connectivity index (χ4v) is 4.32. The molecule has 2 saturated carbocycles. The van der Waals surface area contributed by atoms with Crippen molar-refractivity contribution in [3.05, 3.63) is 12.7 Å². The second-order valence-electron chi connectivity index (χ2n) is 8.12. The summed E-state index contributed by atoms with van der Waals surface area (Å²) in [6.45, 7) is 5.35. The van der Waals surface area contributed by atoms with Gasteiger partial charge in [-0.05, 0) is 37.5 Å². The maximum atomic E-state index is 12.4. The molecule has 0 radical (unpaired) electrons. The molecular formula is C21H38N4O. The van der Waals surface area contributed by atoms with Crippen LogP contribution < -0.4 is 11.1 Å². The smallest absolute Gasteiger partial charge is 0.229 e. The van der Waals surface area contributed by atoms with E-state index in [0.29, 0.717) is 24.3 Å². The van der Waals surface area contributed by atoms with E-state index in [4.69, 9.17) is 5.73 Å². The largest absolute Gasteiger partial charge is 0.369 e. The summed E-state index contributed by atoms with van der Waals surface area (Å²) >= 11 is 0. The van der Waals surface area contributed by atoms with Crippen LogP contribution in [0.2, 0.25) is 0 Å². The Kier molecular flexibility index (Phi) is 9.16. The molecule has 0 aromatic rings. The van der Waals surface area contributed by atoms with E-state index in [1.807, 2.05) is 6.08 Å². The second kappa shape index (κ2) is 11.4. The topological polar surface area (TPSA) is 70.7 Å². The molecule has 2 atom stereocenters. The first-order valence-electron chi connectivity index (χ1n) is 10.5. The molecule has 2 fully saturated rings. The molecule has 3 N–H and O–H groups in total. The molecule has 5 nitrogen and oxygen atoms in total. The van der Waals surface area contributed by atoms with Crippen LogP contribution >= 0.6 is 0 Å². The van der Waals surface area contributed by atoms with Crippen molar-refractivity contribution in [2.75, 3.05) is 20.1 Å². The van der Waals surface area contributed by atoms with Crippen LogP contribution in [0.15, 0.2) is 17.6 Å². The maximum absolute atomic E-state index is 12.4. The number of carbonyl (C=O) groups excluding carboxylic acids is 1. The van der Waals surface area contributed by atoms with Crippen molar-refractivity contribution in [2.24, 2.45) is 22.6 Å². The number of hydrogen-bond acceptors (Lipinski definition) is 3. The van der Waals surface area contributed by atoms with Gasteiger partial charge in [0.2, 0.25) is 5.91 Å². The summed E-state index contributed by atoms with van der Waals surface area (Å²) in [6, 6.07) is 0.554. The summed E-state index contributed by atoms with van der Waals surface area (Å²) in [5.74, 6) is 1.75. The first-order valence-corrected chi connectivity index (χ1v) is 10.5. The number of hydrogen-bond donors (Lipinski definition) is 2. The molecule has 5 heteroatoms. The van der Waals surface area contributed by atoms with Crippen LogP contribution in [0.5, 0.6) is 0 Å². The Bertz CT molecular complexity index is 471. The summed E-state index contributed by atoms with van der Waals surface area (Å²) < 4.78 is 0. The predicted molar refractivity (Wildman–Crippen MR) is 109 cm³/mol. The van der Waals surface area contributed by atoms with Crippen LogP contribution in [0.4, 0.5) is 0 Å². The van der Waals surface area contributed by atoms with Crippen LogP contribution in [0.25, 0.3) is 0 Å². The van der Waals surface area contributed by atoms with E-state index in [0.717, 1.165) is 31.8 Å². The molecule has 1 amide bonds. The lowest BCUT2D eigenvalue weighted by Gasteiger charge is -2.29. The molecule has 2 aliphatic carbocycles. The SMILES string of the molecule is C=CCN[C@H]1CCC[C@@H](CN=C(N)N(C)C(=O)CCC2CCCCC2)C1. The molecular weight excluding hydrogens is 324 g/mol. The van der Waals surface area contributed by atoms with Crippen molar-refractivity contribution >= 4 is 11.9 Å². The van der Waals surface area contributed by atoms with Gasteiger partial charge < -0.3 is 11.1 Å². The number of rotatable bonds is 8. The lowest BCUT2D eigenvalue weighted by molar-refractivity contribution is -0.126. The highest BCUT2D eigenvalue weighted by Gasteiger charge is 2.22. The standard InChI is InChI=1S/C21H38N4O/c1-3-14-23-19-11-7-10-18(15-19)16-24-21(22)25(2)20(26)13-12-17-8-5-4-6-9-17/h3,17-19,23H,1,4-16H2,2H3,(H2,22,24)/t18-,19+/m1/s1. The zero-order valence-corrected chi connectivity index (χ0v) is 16.6. The number of nitrogens with two attached hydrogens (primary N) is 1. The third-order valence-corrected chi connectivity index (χ3v) is 6.05. The number of amides is 1. The molecule has 2 aliphatic rings. The average Bonchev–Trinajstić information content (AvgIpc) is 2.69. The van der Waals surface area contributed by atoms with Crippen molar-refractivity contribution in [1.82, 2.24) is 10.2 Å². The van der Waals surface area contributed by atoms with Crippen LogP contribution in [0.3, 0.4) is 0 Å². The highest BCUT2D eigenvalue weighted by molar-refractivity contribution is 5.95. The van der Waals surface area contributed by atoms with E-state index in [2.05, 4.69) is 16.9 Å². The average molecular weight is 363 g/mol. The minimum atomic E-state index is 0.103. The number of carbonyl (C=O) groups is 1. The fourth-order valence-electron chi connectivity index (χ4n) is 4.32. The quantitative estimate of drug-likeness (QED) is 0.395. The Labute approximate surface area is 159 Å². The molecule has 0 spiro atoms. The molecule has 26 heavy (non-hydrogen) atoms. The highest BCUT2D eigenvalue weighted by atomic mass is 16.2. The highest BCUT2D eigenvalue weighted by Crippen LogP contribution is 2.27. The zero-order chi connectivity index (χ0) is 18.8. The van der Waals surface area contributed by atoms with Gasteiger partial charge in [-0.2, -0.15) is 0 Å². The third kappa shape index (κ3) is 7.10. The minimum Gasteiger partial charge on any atom is -0.369 e. The van der Waals surface area contributed by atoms with Crippen molar-refractivity contribution < 1.29 is 4.79 Å². The molecule has 0 aromatic heterocycles. The Balaban J connectivity index is 1.72. The van der Waals surface area contributed by atoms with Crippen LogP contribution in [-0.4, -0.2) is 42.9 Å². The van der Waals surface area contributed by atoms with Gasteiger partial charge in [0.25, 0.3) is 0 Å². The number of nitrogens with zero attached hydrogens (tertiary/aromatic N) is 2. The van der Waals surface area contributed by atoms with Crippen molar-refractivity contribution in [3.8, 4) is 0 Å². The summed E-state index contributed by atoms with van der Waals surface area (Å²) in [6.07, 6.45) is 14.8. The molecule has 0 aliphatic heterocycles. The van der Waals surface area contributed by atoms with E-state index in [-0.39, 0.29) is 5.91 Å². The zero-order valence-electron chi connectivity index (χ0n) is 16.6. The van der Waals surface area contributed by atoms with Gasteiger partial charge in [0, 0.05) is 32.6 Å². The van der Waals surface area contributed by atoms with Gasteiger partial charge in [-0.25, -0.2) is 0 Å². The molecule has 0 unspecified atom stereocenters. The Morgan fingerprint density at radius 3 is 2.65 bits per heavy atom. The summed E-state index contributed by atoms with van der Waals surface area (Å²) in [5, 5.41) is 3.52. The third-order valence-electron chi connectivity index (χ3n) is 6.05. The number of nitrogens with one attached hydrogen (secondary N) is 1. The van der Waals surface area contributed by atoms with Gasteiger partial charge in [0.15, 0.2) is 5.96 Å². The molecule has 0 saturated heterocycles. The lowest BCUT2D eigenvalue weighted by Crippen LogP contribution is -2.40. The fraction of sp³-hybridized carbons (Fsp3) is 0.810. The van der Waals surface area contributed by atoms with E-state index in [9.17, 15) is 4.79 Å². The first-order chi connectivity index (χ1) is 12.6. The maximum Gasteiger partial charge on any atom is 0.229 e. The van der Waals surface area contributed by atoms with Crippen molar-refractivity contribution in [3.63, 3.8) is 0 Å². The van der Waals surface area contributed by atoms with Crippen LogP contribution in [0.1, 0.15) is 70.6 Å². The van der Waals surface area contributed by atoms with Gasteiger partial charge >= 0.3 is 0 Å². The Hall–Kier alpha value is -1.36. The molecule has 0 aromatic carbocycles. The minimum absolute atomic E-state index is 0.103. The number of guanidine groups is 1. The summed E-state index contributed by atoms with van der Waals surface area (Å²) in [5.41, 5.74) is 6.09. The van der Waals surface area contributed by atoms with Gasteiger partial charge in [-0.3, -0.25) is 14.7 Å². The Morgan fingerprint density at radius 1 is 1.19 bits per heavy atom. The lowest BCUT2D eigenvalue weighted by atomic mass is 9.86. The van der Waals surface area contributed by atoms with Gasteiger partial charge in [0.05, 0.1) is 0 Å². The van der Waals surface area contributed by atoms with Crippen molar-refractivity contribution in [2.45, 2.75) is 76.7 Å². The Morgan fingerprint density at radius 2 is 1.92 bits per heavy atom. The van der Waals surface area contributed by atoms with E-state index >= 15 is 0 Å². The van der Waals surface area contributed by atoms with Gasteiger partial charge in [-0.15, -0.1) is 6.58 Å². The first kappa shape index (κ1) is 20.9. The van der Waals surface area contributed by atoms with E-state index < -0.39 is 0 Å². The van der Waals surface area contributed by atoms with Gasteiger partial charge in [0.1, 0.15) is 0 Å². The summed E-state index contributed by atoms with van der Waals surface area (Å²) in [7, 11) is 1.76. The van der Waals surface area contributed by atoms with Crippen LogP contribution in [0, 0.1) is 11.8 Å². The number of aliphatic imine (C=N–C) groups is 1. The molecule has 0 heterocycles.